The van der Waals surface area contributed by atoms with E-state index in [-0.39, 0.29) is 35.5 Å². The van der Waals surface area contributed by atoms with Crippen molar-refractivity contribution in [2.75, 3.05) is 43.9 Å². The summed E-state index contributed by atoms with van der Waals surface area (Å²) in [5.74, 6) is 0.333. The van der Waals surface area contributed by atoms with Crippen molar-refractivity contribution in [2.24, 2.45) is 0 Å². The van der Waals surface area contributed by atoms with Gasteiger partial charge in [-0.2, -0.15) is 0 Å². The van der Waals surface area contributed by atoms with Gasteiger partial charge in [0.25, 0.3) is 5.91 Å². The van der Waals surface area contributed by atoms with Gasteiger partial charge in [-0.25, -0.2) is 9.97 Å². The van der Waals surface area contributed by atoms with Crippen LogP contribution in [-0.4, -0.2) is 93.4 Å². The number of aryl methyl sites for hydroxylation is 1. The van der Waals surface area contributed by atoms with Crippen molar-refractivity contribution in [3.05, 3.63) is 95.9 Å². The van der Waals surface area contributed by atoms with Gasteiger partial charge in [-0.15, -0.1) is 0 Å². The molecule has 0 aliphatic carbocycles. The van der Waals surface area contributed by atoms with Crippen molar-refractivity contribution < 1.29 is 4.79 Å². The van der Waals surface area contributed by atoms with Crippen LogP contribution in [0.25, 0.3) is 11.3 Å². The summed E-state index contributed by atoms with van der Waals surface area (Å²) < 4.78 is 0. The van der Waals surface area contributed by atoms with Gasteiger partial charge in [0.05, 0.1) is 5.69 Å². The molecular formula is C29H32N7NaO. The summed E-state index contributed by atoms with van der Waals surface area (Å²) >= 11 is 0. The molecule has 1 amide bonds. The van der Waals surface area contributed by atoms with Gasteiger partial charge < -0.3 is 15.5 Å². The average Bonchev–Trinajstić information content (AvgIpc) is 2.93. The molecule has 0 spiro atoms. The van der Waals surface area contributed by atoms with Crippen molar-refractivity contribution in [3.8, 4) is 11.3 Å². The number of benzene rings is 2. The van der Waals surface area contributed by atoms with Crippen molar-refractivity contribution in [3.63, 3.8) is 0 Å². The molecule has 2 N–H and O–H groups in total. The zero-order chi connectivity index (χ0) is 25.6. The van der Waals surface area contributed by atoms with Crippen LogP contribution in [0.1, 0.15) is 21.5 Å². The summed E-state index contributed by atoms with van der Waals surface area (Å²) in [5.41, 5.74) is 6.08. The van der Waals surface area contributed by atoms with Crippen molar-refractivity contribution >= 4 is 52.8 Å². The van der Waals surface area contributed by atoms with Crippen LogP contribution in [0.15, 0.2) is 79.3 Å². The van der Waals surface area contributed by atoms with Crippen LogP contribution in [0.3, 0.4) is 0 Å². The molecule has 1 fully saturated rings. The topological polar surface area (TPSA) is 86.3 Å². The fourth-order valence-corrected chi connectivity index (χ4v) is 4.28. The molecule has 3 heterocycles. The Bertz CT molecular complexity index is 1360. The van der Waals surface area contributed by atoms with Gasteiger partial charge >= 0.3 is 29.6 Å². The number of carbonyl (C=O) groups excluding carboxylic acids is 1. The van der Waals surface area contributed by atoms with Crippen LogP contribution in [0, 0.1) is 6.92 Å². The first-order chi connectivity index (χ1) is 18.0. The van der Waals surface area contributed by atoms with Crippen molar-refractivity contribution in [2.45, 2.75) is 13.5 Å². The summed E-state index contributed by atoms with van der Waals surface area (Å²) in [5, 5.41) is 6.29. The fraction of sp³-hybridized carbons (Fsp3) is 0.241. The quantitative estimate of drug-likeness (QED) is 0.359. The number of pyridine rings is 1. The van der Waals surface area contributed by atoms with E-state index >= 15 is 0 Å². The van der Waals surface area contributed by atoms with Gasteiger partial charge in [0.1, 0.15) is 0 Å². The normalized spacial score (nSPS) is 13.9. The van der Waals surface area contributed by atoms with Crippen LogP contribution in [0.2, 0.25) is 0 Å². The molecule has 0 unspecified atom stereocenters. The Morgan fingerprint density at radius 1 is 0.974 bits per heavy atom. The standard InChI is InChI=1S/C29H31N7O.Na.H/c1-21-5-10-25(18-27(21)34-29-31-13-11-26(33-29)24-4-3-12-30-19-24)32-28(37)23-8-6-22(7-9-23)20-36-16-14-35(2)15-17-36;;/h3-13,18-19H,14-17,20H2,1-2H3,(H,32,37)(H,31,33,34);;. The summed E-state index contributed by atoms with van der Waals surface area (Å²) in [6.07, 6.45) is 5.22. The second-order valence-corrected chi connectivity index (χ2v) is 9.39. The number of nitrogens with one attached hydrogen (secondary N) is 2. The molecule has 0 saturated carbocycles. The second kappa shape index (κ2) is 13.1. The third kappa shape index (κ3) is 7.24. The minimum absolute atomic E-state index is 0. The predicted octanol–water partition coefficient (Wildman–Crippen LogP) is 3.94. The van der Waals surface area contributed by atoms with E-state index in [4.69, 9.17) is 0 Å². The number of nitrogens with zero attached hydrogens (tertiary/aromatic N) is 5. The molecule has 9 heteroatoms. The molecule has 190 valence electrons. The summed E-state index contributed by atoms with van der Waals surface area (Å²) in [6.45, 7) is 7.24. The van der Waals surface area contributed by atoms with E-state index in [1.807, 2.05) is 67.6 Å². The molecule has 1 saturated heterocycles. The van der Waals surface area contributed by atoms with E-state index in [9.17, 15) is 4.79 Å². The predicted molar refractivity (Wildman–Crippen MR) is 154 cm³/mol. The molecular weight excluding hydrogens is 485 g/mol. The molecule has 2 aromatic carbocycles. The van der Waals surface area contributed by atoms with Gasteiger partial charge in [-0.05, 0) is 67.6 Å². The molecule has 2 aromatic heterocycles. The Morgan fingerprint density at radius 3 is 2.50 bits per heavy atom. The van der Waals surface area contributed by atoms with Gasteiger partial charge in [0.2, 0.25) is 5.95 Å². The number of anilines is 3. The molecule has 38 heavy (non-hydrogen) atoms. The fourth-order valence-electron chi connectivity index (χ4n) is 4.28. The maximum absolute atomic E-state index is 12.9. The average molecular weight is 518 g/mol. The van der Waals surface area contributed by atoms with Gasteiger partial charge in [-0.1, -0.05) is 18.2 Å². The van der Waals surface area contributed by atoms with E-state index in [0.717, 1.165) is 55.2 Å². The Labute approximate surface area is 245 Å². The van der Waals surface area contributed by atoms with Gasteiger partial charge in [-0.3, -0.25) is 14.7 Å². The van der Waals surface area contributed by atoms with Crippen LogP contribution in [0.5, 0.6) is 0 Å². The zero-order valence-electron chi connectivity index (χ0n) is 21.2. The van der Waals surface area contributed by atoms with Crippen molar-refractivity contribution in [1.82, 2.24) is 24.8 Å². The Balaban J connectivity index is 0.00000336. The summed E-state index contributed by atoms with van der Waals surface area (Å²) in [7, 11) is 2.16. The van der Waals surface area contributed by atoms with Crippen LogP contribution >= 0.6 is 0 Å². The van der Waals surface area contributed by atoms with Gasteiger partial charge in [0, 0.05) is 73.8 Å². The van der Waals surface area contributed by atoms with E-state index < -0.39 is 0 Å². The Kier molecular flexibility index (Phi) is 9.60. The number of likely N-dealkylation sites (N-methyl/N-ethyl adjacent to an activating group) is 1. The second-order valence-electron chi connectivity index (χ2n) is 9.39. The first kappa shape index (κ1) is 27.9. The first-order valence-corrected chi connectivity index (χ1v) is 12.5. The van der Waals surface area contributed by atoms with Crippen LogP contribution in [0.4, 0.5) is 17.3 Å². The number of hydrogen-bond acceptors (Lipinski definition) is 7. The third-order valence-electron chi connectivity index (χ3n) is 6.57. The van der Waals surface area contributed by atoms with Crippen LogP contribution < -0.4 is 10.6 Å². The molecule has 8 nitrogen and oxygen atoms in total. The van der Waals surface area contributed by atoms with Gasteiger partial charge in [0.15, 0.2) is 0 Å². The number of amides is 1. The Hall–Kier alpha value is -3.14. The SMILES string of the molecule is Cc1ccc(NC(=O)c2ccc(CN3CCN(C)CC3)cc2)cc1Nc1nccc(-c2cccnc2)n1.[NaH]. The summed E-state index contributed by atoms with van der Waals surface area (Å²) in [4.78, 5) is 30.9. The molecule has 0 atom stereocenters. The molecule has 0 radical (unpaired) electrons. The van der Waals surface area contributed by atoms with Crippen molar-refractivity contribution in [1.29, 1.82) is 0 Å². The number of carbonyl (C=O) groups is 1. The monoisotopic (exact) mass is 517 g/mol. The maximum atomic E-state index is 12.9. The minimum atomic E-state index is -0.143. The van der Waals surface area contributed by atoms with Crippen LogP contribution in [-0.2, 0) is 6.54 Å². The molecule has 5 rings (SSSR count). The van der Waals surface area contributed by atoms with E-state index in [2.05, 4.69) is 42.4 Å². The van der Waals surface area contributed by atoms with E-state index in [1.54, 1.807) is 18.6 Å². The zero-order valence-corrected chi connectivity index (χ0v) is 21.2. The molecule has 0 bridgehead atoms. The van der Waals surface area contributed by atoms with E-state index in [0.29, 0.717) is 17.2 Å². The molecule has 1 aliphatic heterocycles. The molecule has 4 aromatic rings. The summed E-state index contributed by atoms with van der Waals surface area (Å²) in [6, 6.07) is 19.3. The number of rotatable bonds is 7. The number of piperazine rings is 1. The molecule has 1 aliphatic rings. The number of hydrogen-bond donors (Lipinski definition) is 2. The Morgan fingerprint density at radius 2 is 1.76 bits per heavy atom. The van der Waals surface area contributed by atoms with E-state index in [1.165, 1.54) is 5.56 Å². The number of aromatic nitrogens is 3. The first-order valence-electron chi connectivity index (χ1n) is 12.5. The third-order valence-corrected chi connectivity index (χ3v) is 6.57.